The van der Waals surface area contributed by atoms with Gasteiger partial charge in [0.2, 0.25) is 5.91 Å². The molecule has 6 heteroatoms. The normalized spacial score (nSPS) is 11.3. The standard InChI is InChI=1S/C15H17NO3S2/c1-21(18,19)14-6-4-12(5-7-14)8-9-16-15(17)11-13-3-2-10-20-13/h2-7,10H,8-9,11H2,1H3,(H,16,17). The average molecular weight is 323 g/mol. The third-order valence-corrected chi connectivity index (χ3v) is 5.01. The van der Waals surface area contributed by atoms with Gasteiger partial charge in [-0.3, -0.25) is 4.79 Å². The van der Waals surface area contributed by atoms with Crippen molar-refractivity contribution in [3.8, 4) is 0 Å². The topological polar surface area (TPSA) is 63.2 Å². The van der Waals surface area contributed by atoms with Crippen molar-refractivity contribution >= 4 is 27.1 Å². The fourth-order valence-electron chi connectivity index (χ4n) is 1.88. The van der Waals surface area contributed by atoms with Crippen LogP contribution in [0.3, 0.4) is 0 Å². The summed E-state index contributed by atoms with van der Waals surface area (Å²) in [5, 5.41) is 4.81. The largest absolute Gasteiger partial charge is 0.355 e. The lowest BCUT2D eigenvalue weighted by Crippen LogP contribution is -2.26. The Bertz CT molecular complexity index is 689. The van der Waals surface area contributed by atoms with E-state index in [4.69, 9.17) is 0 Å². The summed E-state index contributed by atoms with van der Waals surface area (Å²) in [7, 11) is -3.15. The zero-order valence-electron chi connectivity index (χ0n) is 11.7. The van der Waals surface area contributed by atoms with Gasteiger partial charge in [0.25, 0.3) is 0 Å². The van der Waals surface area contributed by atoms with E-state index < -0.39 is 9.84 Å². The Balaban J connectivity index is 1.79. The number of benzene rings is 1. The van der Waals surface area contributed by atoms with Gasteiger partial charge in [0, 0.05) is 17.7 Å². The molecule has 4 nitrogen and oxygen atoms in total. The predicted octanol–water partition coefficient (Wildman–Crippen LogP) is 2.05. The van der Waals surface area contributed by atoms with E-state index in [1.807, 2.05) is 17.5 Å². The third kappa shape index (κ3) is 4.99. The second-order valence-electron chi connectivity index (χ2n) is 4.77. The quantitative estimate of drug-likeness (QED) is 0.885. The highest BCUT2D eigenvalue weighted by Crippen LogP contribution is 2.11. The molecule has 112 valence electrons. The molecule has 0 saturated carbocycles. The second kappa shape index (κ2) is 6.87. The van der Waals surface area contributed by atoms with E-state index in [2.05, 4.69) is 5.32 Å². The maximum Gasteiger partial charge on any atom is 0.225 e. The molecule has 0 aliphatic carbocycles. The lowest BCUT2D eigenvalue weighted by atomic mass is 10.1. The molecule has 2 rings (SSSR count). The summed E-state index contributed by atoms with van der Waals surface area (Å²) in [6.45, 7) is 0.544. The van der Waals surface area contributed by atoms with Crippen LogP contribution in [0.4, 0.5) is 0 Å². The third-order valence-electron chi connectivity index (χ3n) is 3.00. The molecular weight excluding hydrogens is 306 g/mol. The molecule has 0 aliphatic heterocycles. The molecule has 0 fully saturated rings. The highest BCUT2D eigenvalue weighted by Gasteiger charge is 2.07. The number of rotatable bonds is 6. The molecule has 1 heterocycles. The number of hydrogen-bond acceptors (Lipinski definition) is 4. The van der Waals surface area contributed by atoms with E-state index in [1.165, 1.54) is 6.26 Å². The zero-order valence-corrected chi connectivity index (χ0v) is 13.3. The van der Waals surface area contributed by atoms with Crippen molar-refractivity contribution in [3.05, 3.63) is 52.2 Å². The van der Waals surface area contributed by atoms with Crippen LogP contribution >= 0.6 is 11.3 Å². The highest BCUT2D eigenvalue weighted by atomic mass is 32.2. The van der Waals surface area contributed by atoms with E-state index in [0.29, 0.717) is 24.3 Å². The second-order valence-corrected chi connectivity index (χ2v) is 7.82. The van der Waals surface area contributed by atoms with E-state index in [1.54, 1.807) is 35.6 Å². The number of sulfone groups is 1. The van der Waals surface area contributed by atoms with Gasteiger partial charge in [-0.15, -0.1) is 11.3 Å². The molecule has 1 N–H and O–H groups in total. The van der Waals surface area contributed by atoms with Gasteiger partial charge in [-0.1, -0.05) is 18.2 Å². The summed E-state index contributed by atoms with van der Waals surface area (Å²) in [6.07, 6.45) is 2.28. The van der Waals surface area contributed by atoms with Crippen molar-refractivity contribution < 1.29 is 13.2 Å². The van der Waals surface area contributed by atoms with Crippen molar-refractivity contribution in [2.24, 2.45) is 0 Å². The molecule has 2 aromatic rings. The van der Waals surface area contributed by atoms with Crippen molar-refractivity contribution in [3.63, 3.8) is 0 Å². The fraction of sp³-hybridized carbons (Fsp3) is 0.267. The Morgan fingerprint density at radius 3 is 2.48 bits per heavy atom. The van der Waals surface area contributed by atoms with Crippen molar-refractivity contribution in [2.75, 3.05) is 12.8 Å². The number of amides is 1. The van der Waals surface area contributed by atoms with Crippen LogP contribution in [0.2, 0.25) is 0 Å². The summed E-state index contributed by atoms with van der Waals surface area (Å²) < 4.78 is 22.7. The van der Waals surface area contributed by atoms with E-state index in [0.717, 1.165) is 10.4 Å². The minimum absolute atomic E-state index is 0.00482. The van der Waals surface area contributed by atoms with Gasteiger partial charge in [0.1, 0.15) is 0 Å². The summed E-state index contributed by atoms with van der Waals surface area (Å²) in [6, 6.07) is 10.6. The number of nitrogens with one attached hydrogen (secondary N) is 1. The lowest BCUT2D eigenvalue weighted by molar-refractivity contribution is -0.120. The van der Waals surface area contributed by atoms with Gasteiger partial charge in [-0.2, -0.15) is 0 Å². The van der Waals surface area contributed by atoms with Gasteiger partial charge in [0.15, 0.2) is 9.84 Å². The first-order valence-corrected chi connectivity index (χ1v) is 9.30. The monoisotopic (exact) mass is 323 g/mol. The van der Waals surface area contributed by atoms with Gasteiger partial charge in [0.05, 0.1) is 11.3 Å². The van der Waals surface area contributed by atoms with Gasteiger partial charge in [-0.05, 0) is 35.6 Å². The Labute approximate surface area is 128 Å². The van der Waals surface area contributed by atoms with Crippen LogP contribution in [0.15, 0.2) is 46.7 Å². The Kier molecular flexibility index (Phi) is 5.14. The summed E-state index contributed by atoms with van der Waals surface area (Å²) in [4.78, 5) is 13.1. The van der Waals surface area contributed by atoms with Crippen molar-refractivity contribution in [1.82, 2.24) is 5.32 Å². The van der Waals surface area contributed by atoms with E-state index in [9.17, 15) is 13.2 Å². The highest BCUT2D eigenvalue weighted by molar-refractivity contribution is 7.90. The molecular formula is C15H17NO3S2. The molecule has 1 amide bonds. The van der Waals surface area contributed by atoms with Crippen LogP contribution in [0.1, 0.15) is 10.4 Å². The van der Waals surface area contributed by atoms with Gasteiger partial charge < -0.3 is 5.32 Å². The lowest BCUT2D eigenvalue weighted by Gasteiger charge is -2.05. The molecule has 0 saturated heterocycles. The van der Waals surface area contributed by atoms with Crippen molar-refractivity contribution in [1.29, 1.82) is 0 Å². The predicted molar refractivity (Wildman–Crippen MR) is 84.3 cm³/mol. The molecule has 0 bridgehead atoms. The number of carbonyl (C=O) groups excluding carboxylic acids is 1. The van der Waals surface area contributed by atoms with Gasteiger partial charge >= 0.3 is 0 Å². The van der Waals surface area contributed by atoms with Gasteiger partial charge in [-0.25, -0.2) is 8.42 Å². The SMILES string of the molecule is CS(=O)(=O)c1ccc(CCNC(=O)Cc2cccs2)cc1. The minimum Gasteiger partial charge on any atom is -0.355 e. The Morgan fingerprint density at radius 1 is 1.19 bits per heavy atom. The molecule has 1 aromatic carbocycles. The minimum atomic E-state index is -3.15. The van der Waals surface area contributed by atoms with Crippen LogP contribution in [-0.2, 0) is 27.5 Å². The smallest absolute Gasteiger partial charge is 0.225 e. The fourth-order valence-corrected chi connectivity index (χ4v) is 3.22. The zero-order chi connectivity index (χ0) is 15.3. The summed E-state index contributed by atoms with van der Waals surface area (Å²) >= 11 is 1.57. The number of carbonyl (C=O) groups is 1. The molecule has 0 aliphatic rings. The van der Waals surface area contributed by atoms with Crippen LogP contribution in [0, 0.1) is 0 Å². The molecule has 0 radical (unpaired) electrons. The van der Waals surface area contributed by atoms with E-state index >= 15 is 0 Å². The molecule has 0 atom stereocenters. The summed E-state index contributed by atoms with van der Waals surface area (Å²) in [5.41, 5.74) is 0.999. The maximum absolute atomic E-state index is 11.7. The average Bonchev–Trinajstić information content (AvgIpc) is 2.91. The van der Waals surface area contributed by atoms with Crippen LogP contribution in [0.5, 0.6) is 0 Å². The van der Waals surface area contributed by atoms with Crippen molar-refractivity contribution in [2.45, 2.75) is 17.7 Å². The van der Waals surface area contributed by atoms with Crippen LogP contribution < -0.4 is 5.32 Å². The summed E-state index contributed by atoms with van der Waals surface area (Å²) in [5.74, 6) is 0.00482. The number of thiophene rings is 1. The van der Waals surface area contributed by atoms with E-state index in [-0.39, 0.29) is 5.91 Å². The Hall–Kier alpha value is -1.66. The first-order valence-electron chi connectivity index (χ1n) is 6.53. The molecule has 0 spiro atoms. The molecule has 21 heavy (non-hydrogen) atoms. The first-order chi connectivity index (χ1) is 9.95. The number of hydrogen-bond donors (Lipinski definition) is 1. The van der Waals surface area contributed by atoms with Crippen LogP contribution in [0.25, 0.3) is 0 Å². The van der Waals surface area contributed by atoms with Crippen LogP contribution in [-0.4, -0.2) is 27.1 Å². The molecule has 0 unspecified atom stereocenters. The maximum atomic E-state index is 11.7. The Morgan fingerprint density at radius 2 is 1.90 bits per heavy atom. The molecule has 1 aromatic heterocycles. The first kappa shape index (κ1) is 15.7.